The predicted molar refractivity (Wildman–Crippen MR) is 291 cm³/mol. The van der Waals surface area contributed by atoms with E-state index in [1.807, 2.05) is 0 Å². The molecule has 3 nitrogen and oxygen atoms in total. The number of aromatic nitrogens is 3. The summed E-state index contributed by atoms with van der Waals surface area (Å²) in [7, 11) is 0. The first-order valence-corrected chi connectivity index (χ1v) is 23.8. The summed E-state index contributed by atoms with van der Waals surface area (Å²) in [6.45, 7) is 0. The van der Waals surface area contributed by atoms with Crippen LogP contribution in [0.2, 0.25) is 0 Å². The lowest BCUT2D eigenvalue weighted by atomic mass is 9.84. The zero-order valence-electron chi connectivity index (χ0n) is 37.7. The maximum atomic E-state index is 2.47. The van der Waals surface area contributed by atoms with Crippen molar-refractivity contribution in [3.63, 3.8) is 0 Å². The van der Waals surface area contributed by atoms with Crippen LogP contribution in [0.1, 0.15) is 0 Å². The summed E-state index contributed by atoms with van der Waals surface area (Å²) in [5, 5.41) is 7.40. The van der Waals surface area contributed by atoms with E-state index in [1.54, 1.807) is 0 Å². The molecule has 3 aromatic heterocycles. The van der Waals surface area contributed by atoms with Crippen LogP contribution in [0.25, 0.3) is 127 Å². The zero-order valence-corrected chi connectivity index (χ0v) is 37.7. The molecule has 3 heterocycles. The van der Waals surface area contributed by atoms with Crippen LogP contribution >= 0.6 is 0 Å². The SMILES string of the molecule is c1ccc(-c2cc(-c3ccccc3)c(-c3cccc(-n4c5ccc(-n6c7ccccc7c7ccccc76)cc5c5cc(-n6c7ccccc7c7ccccc76)ccc54)c3)c(-c3ccccc3)c2)cc1. The second-order valence-electron chi connectivity index (χ2n) is 18.1. The molecule has 14 aromatic rings. The Labute approximate surface area is 399 Å². The van der Waals surface area contributed by atoms with Crippen molar-refractivity contribution in [3.8, 4) is 61.6 Å². The maximum absolute atomic E-state index is 2.47. The summed E-state index contributed by atoms with van der Waals surface area (Å²) in [6, 6.07) is 95.6. The predicted octanol–water partition coefficient (Wildman–Crippen LogP) is 17.6. The van der Waals surface area contributed by atoms with E-state index in [9.17, 15) is 0 Å². The summed E-state index contributed by atoms with van der Waals surface area (Å²) in [5.41, 5.74) is 20.0. The lowest BCUT2D eigenvalue weighted by Crippen LogP contribution is -1.98. The second-order valence-corrected chi connectivity index (χ2v) is 18.1. The summed E-state index contributed by atoms with van der Waals surface area (Å²) >= 11 is 0. The highest BCUT2D eigenvalue weighted by Crippen LogP contribution is 2.45. The fraction of sp³-hybridized carbons (Fsp3) is 0. The molecule has 0 unspecified atom stereocenters. The monoisotopic (exact) mass is 877 g/mol. The van der Waals surface area contributed by atoms with Gasteiger partial charge in [-0.3, -0.25) is 0 Å². The van der Waals surface area contributed by atoms with E-state index in [2.05, 4.69) is 275 Å². The van der Waals surface area contributed by atoms with Crippen molar-refractivity contribution in [2.75, 3.05) is 0 Å². The largest absolute Gasteiger partial charge is 0.309 e. The highest BCUT2D eigenvalue weighted by atomic mass is 15.0. The topological polar surface area (TPSA) is 14.8 Å². The number of nitrogens with zero attached hydrogens (tertiary/aromatic N) is 3. The van der Waals surface area contributed by atoms with E-state index in [0.717, 1.165) is 33.7 Å². The maximum Gasteiger partial charge on any atom is 0.0542 e. The fourth-order valence-corrected chi connectivity index (χ4v) is 11.2. The van der Waals surface area contributed by atoms with Gasteiger partial charge in [0.05, 0.1) is 33.1 Å². The van der Waals surface area contributed by atoms with E-state index in [-0.39, 0.29) is 0 Å². The third kappa shape index (κ3) is 6.21. The van der Waals surface area contributed by atoms with Gasteiger partial charge in [-0.05, 0) is 129 Å². The number of para-hydroxylation sites is 4. The van der Waals surface area contributed by atoms with Crippen LogP contribution in [0.15, 0.2) is 261 Å². The standard InChI is InChI=1S/C66H43N3/c1-4-19-44(20-5-1)48-40-56(45-21-6-2-7-22-45)66(57(41-48)46-23-8-3-9-24-46)47-25-18-26-49(39-47)67-64-37-35-50(68-60-31-14-10-27-52(60)53-28-11-15-32-61(53)68)42-58(64)59-43-51(36-38-65(59)67)69-62-33-16-12-29-54(62)55-30-13-17-34-63(55)69/h1-43H. The number of hydrogen-bond donors (Lipinski definition) is 0. The van der Waals surface area contributed by atoms with Crippen molar-refractivity contribution < 1.29 is 0 Å². The fourth-order valence-electron chi connectivity index (χ4n) is 11.2. The molecule has 69 heavy (non-hydrogen) atoms. The molecule has 3 heteroatoms. The molecule has 0 aliphatic carbocycles. The quantitative estimate of drug-likeness (QED) is 0.152. The molecule has 0 aliphatic rings. The normalized spacial score (nSPS) is 11.8. The Balaban J connectivity index is 1.04. The summed E-state index contributed by atoms with van der Waals surface area (Å²) < 4.78 is 7.34. The third-order valence-electron chi connectivity index (χ3n) is 14.2. The Hall–Kier alpha value is -9.18. The van der Waals surface area contributed by atoms with Crippen LogP contribution in [-0.2, 0) is 0 Å². The Morgan fingerprint density at radius 2 is 0.522 bits per heavy atom. The van der Waals surface area contributed by atoms with Crippen LogP contribution in [0.5, 0.6) is 0 Å². The minimum absolute atomic E-state index is 1.10. The van der Waals surface area contributed by atoms with E-state index < -0.39 is 0 Å². The van der Waals surface area contributed by atoms with Gasteiger partial charge in [-0.15, -0.1) is 0 Å². The van der Waals surface area contributed by atoms with Gasteiger partial charge < -0.3 is 13.7 Å². The molecule has 322 valence electrons. The number of fused-ring (bicyclic) bond motifs is 9. The molecule has 11 aromatic carbocycles. The average molecular weight is 878 g/mol. The van der Waals surface area contributed by atoms with Crippen molar-refractivity contribution in [3.05, 3.63) is 261 Å². The smallest absolute Gasteiger partial charge is 0.0542 e. The molecule has 0 spiro atoms. The van der Waals surface area contributed by atoms with Gasteiger partial charge in [0.15, 0.2) is 0 Å². The average Bonchev–Trinajstić information content (AvgIpc) is 4.06. The Bertz CT molecular complexity index is 3950. The molecule has 0 N–H and O–H groups in total. The van der Waals surface area contributed by atoms with Gasteiger partial charge >= 0.3 is 0 Å². The van der Waals surface area contributed by atoms with Crippen molar-refractivity contribution in [2.45, 2.75) is 0 Å². The minimum Gasteiger partial charge on any atom is -0.309 e. The van der Waals surface area contributed by atoms with Gasteiger partial charge in [0.1, 0.15) is 0 Å². The highest BCUT2D eigenvalue weighted by Gasteiger charge is 2.21. The number of benzene rings is 11. The van der Waals surface area contributed by atoms with Crippen LogP contribution in [-0.4, -0.2) is 13.7 Å². The Kier molecular flexibility index (Phi) is 8.90. The molecule has 0 radical (unpaired) electrons. The first kappa shape index (κ1) is 39.0. The Morgan fingerprint density at radius 1 is 0.188 bits per heavy atom. The highest BCUT2D eigenvalue weighted by molar-refractivity contribution is 6.14. The van der Waals surface area contributed by atoms with Crippen molar-refractivity contribution in [1.29, 1.82) is 0 Å². The molecule has 0 saturated heterocycles. The van der Waals surface area contributed by atoms with Gasteiger partial charge in [-0.25, -0.2) is 0 Å². The molecule has 0 amide bonds. The van der Waals surface area contributed by atoms with Crippen molar-refractivity contribution in [2.24, 2.45) is 0 Å². The molecule has 0 fully saturated rings. The first-order valence-electron chi connectivity index (χ1n) is 23.8. The number of rotatable bonds is 7. The molecular formula is C66H43N3. The summed E-state index contributed by atoms with van der Waals surface area (Å²) in [5.74, 6) is 0. The van der Waals surface area contributed by atoms with Gasteiger partial charge in [-0.2, -0.15) is 0 Å². The van der Waals surface area contributed by atoms with Gasteiger partial charge in [0.2, 0.25) is 0 Å². The van der Waals surface area contributed by atoms with E-state index in [1.165, 1.54) is 93.3 Å². The molecule has 0 aliphatic heterocycles. The molecule has 0 saturated carbocycles. The number of hydrogen-bond acceptors (Lipinski definition) is 0. The lowest BCUT2D eigenvalue weighted by molar-refractivity contribution is 1.16. The Morgan fingerprint density at radius 3 is 0.942 bits per heavy atom. The first-order chi connectivity index (χ1) is 34.2. The van der Waals surface area contributed by atoms with Crippen molar-refractivity contribution >= 4 is 65.4 Å². The van der Waals surface area contributed by atoms with Gasteiger partial charge in [0.25, 0.3) is 0 Å². The summed E-state index contributed by atoms with van der Waals surface area (Å²) in [4.78, 5) is 0. The van der Waals surface area contributed by atoms with Gasteiger partial charge in [-0.1, -0.05) is 176 Å². The van der Waals surface area contributed by atoms with Crippen LogP contribution in [0.3, 0.4) is 0 Å². The molecular weight excluding hydrogens is 835 g/mol. The zero-order chi connectivity index (χ0) is 45.4. The van der Waals surface area contributed by atoms with Crippen LogP contribution in [0.4, 0.5) is 0 Å². The van der Waals surface area contributed by atoms with Crippen LogP contribution < -0.4 is 0 Å². The summed E-state index contributed by atoms with van der Waals surface area (Å²) in [6.07, 6.45) is 0. The lowest BCUT2D eigenvalue weighted by Gasteiger charge is -2.20. The molecule has 0 bridgehead atoms. The van der Waals surface area contributed by atoms with Gasteiger partial charge in [0, 0.05) is 49.4 Å². The van der Waals surface area contributed by atoms with E-state index >= 15 is 0 Å². The second kappa shape index (κ2) is 15.7. The van der Waals surface area contributed by atoms with E-state index in [4.69, 9.17) is 0 Å². The molecule has 0 atom stereocenters. The molecule has 14 rings (SSSR count). The minimum atomic E-state index is 1.10. The van der Waals surface area contributed by atoms with Crippen LogP contribution in [0, 0.1) is 0 Å². The van der Waals surface area contributed by atoms with Crippen molar-refractivity contribution in [1.82, 2.24) is 13.7 Å². The van der Waals surface area contributed by atoms with E-state index in [0.29, 0.717) is 0 Å². The third-order valence-corrected chi connectivity index (χ3v) is 14.2.